The van der Waals surface area contributed by atoms with E-state index >= 15 is 0 Å². The second-order valence-electron chi connectivity index (χ2n) is 7.85. The maximum atomic E-state index is 13.2. The van der Waals surface area contributed by atoms with Crippen LogP contribution in [-0.2, 0) is 20.4 Å². The Bertz CT molecular complexity index is 1350. The van der Waals surface area contributed by atoms with Gasteiger partial charge in [-0.15, -0.1) is 0 Å². The first-order valence-electron chi connectivity index (χ1n) is 10.7. The number of aromatic amines is 1. The van der Waals surface area contributed by atoms with Crippen LogP contribution in [0.3, 0.4) is 0 Å². The maximum absolute atomic E-state index is 13.2. The molecule has 188 valence electrons. The highest BCUT2D eigenvalue weighted by Crippen LogP contribution is 2.32. The monoisotopic (exact) mass is 504 g/mol. The molecule has 0 bridgehead atoms. The summed E-state index contributed by atoms with van der Waals surface area (Å²) in [5, 5.41) is 0. The fourth-order valence-corrected chi connectivity index (χ4v) is 3.64. The van der Waals surface area contributed by atoms with Gasteiger partial charge in [-0.1, -0.05) is 36.4 Å². The molecule has 36 heavy (non-hydrogen) atoms. The van der Waals surface area contributed by atoms with Crippen LogP contribution in [-0.4, -0.2) is 40.3 Å². The number of nitrogens with one attached hydrogen (secondary N) is 1. The van der Waals surface area contributed by atoms with Crippen molar-refractivity contribution in [1.29, 1.82) is 0 Å². The second kappa shape index (κ2) is 10.2. The van der Waals surface area contributed by atoms with Crippen molar-refractivity contribution in [2.75, 3.05) is 6.61 Å². The summed E-state index contributed by atoms with van der Waals surface area (Å²) in [6.45, 7) is -0.415. The van der Waals surface area contributed by atoms with Gasteiger partial charge < -0.3 is 14.2 Å². The average molecular weight is 504 g/mol. The zero-order chi connectivity index (χ0) is 25.9. The molecular weight excluding hydrogens is 485 g/mol. The molecule has 1 N–H and O–H groups in total. The van der Waals surface area contributed by atoms with Crippen molar-refractivity contribution in [3.8, 4) is 0 Å². The van der Waals surface area contributed by atoms with E-state index in [2.05, 4.69) is 0 Å². The number of carbonyl (C=O) groups excluding carboxylic acids is 2. The first-order chi connectivity index (χ1) is 17.1. The number of benzene rings is 2. The van der Waals surface area contributed by atoms with E-state index in [0.29, 0.717) is 10.8 Å². The summed E-state index contributed by atoms with van der Waals surface area (Å²) in [5.41, 5.74) is -3.88. The fourth-order valence-electron chi connectivity index (χ4n) is 3.64. The molecular formula is C24H19F3N2O7. The van der Waals surface area contributed by atoms with Gasteiger partial charge in [-0.3, -0.25) is 14.3 Å². The van der Waals surface area contributed by atoms with Gasteiger partial charge in [0, 0.05) is 12.6 Å². The van der Waals surface area contributed by atoms with Gasteiger partial charge in [0.1, 0.15) is 30.6 Å². The molecule has 1 aliphatic heterocycles. The Morgan fingerprint density at radius 2 is 1.56 bits per heavy atom. The standard InChI is InChI=1S/C24H19F3N2O7/c25-24(26,27)16-12-29(23(33)28-20(16)30)19-11-17(36-22(32)15-9-5-2-6-10-15)18(35-19)13-34-21(31)14-7-3-1-4-8-14/h1-10,12,17-19H,11,13H2,(H,28,30,33)/t17?,18-,19-/m1/s1. The maximum Gasteiger partial charge on any atom is 0.423 e. The lowest BCUT2D eigenvalue weighted by Gasteiger charge is -2.19. The number of alkyl halides is 3. The van der Waals surface area contributed by atoms with E-state index in [0.717, 1.165) is 0 Å². The highest BCUT2D eigenvalue weighted by Gasteiger charge is 2.42. The molecule has 0 spiro atoms. The molecule has 2 heterocycles. The third-order valence-corrected chi connectivity index (χ3v) is 5.42. The van der Waals surface area contributed by atoms with Crippen LogP contribution >= 0.6 is 0 Å². The smallest absolute Gasteiger partial charge is 0.423 e. The molecule has 0 radical (unpaired) electrons. The topological polar surface area (TPSA) is 117 Å². The normalized spacial score (nSPS) is 19.6. The number of carbonyl (C=O) groups is 2. The molecule has 4 rings (SSSR count). The van der Waals surface area contributed by atoms with Crippen molar-refractivity contribution in [2.45, 2.75) is 31.0 Å². The van der Waals surface area contributed by atoms with Crippen molar-refractivity contribution in [3.63, 3.8) is 0 Å². The molecule has 9 nitrogen and oxygen atoms in total. The molecule has 1 unspecified atom stereocenters. The number of halogens is 3. The minimum atomic E-state index is -5.02. The Balaban J connectivity index is 1.58. The SMILES string of the molecule is O=C(OC[C@H]1O[C@@H](n2cc(C(F)(F)F)c(=O)[nH]c2=O)CC1OC(=O)c1ccccc1)c1ccccc1. The van der Waals surface area contributed by atoms with Crippen molar-refractivity contribution < 1.29 is 37.0 Å². The lowest BCUT2D eigenvalue weighted by molar-refractivity contribution is -0.139. The van der Waals surface area contributed by atoms with Gasteiger partial charge >= 0.3 is 23.8 Å². The van der Waals surface area contributed by atoms with Gasteiger partial charge in [0.25, 0.3) is 5.56 Å². The lowest BCUT2D eigenvalue weighted by atomic mass is 10.1. The second-order valence-corrected chi connectivity index (χ2v) is 7.85. The lowest BCUT2D eigenvalue weighted by Crippen LogP contribution is -2.36. The number of rotatable bonds is 6. The average Bonchev–Trinajstić information content (AvgIpc) is 3.24. The largest absolute Gasteiger partial charge is 0.459 e. The Labute approximate surface area is 201 Å². The van der Waals surface area contributed by atoms with Crippen LogP contribution in [0.5, 0.6) is 0 Å². The predicted octanol–water partition coefficient (Wildman–Crippen LogP) is 2.93. The van der Waals surface area contributed by atoms with Gasteiger partial charge in [-0.2, -0.15) is 13.2 Å². The first-order valence-corrected chi connectivity index (χ1v) is 10.7. The summed E-state index contributed by atoms with van der Waals surface area (Å²) in [5.74, 6) is -1.44. The van der Waals surface area contributed by atoms with E-state index < -0.39 is 60.0 Å². The highest BCUT2D eigenvalue weighted by molar-refractivity contribution is 5.90. The van der Waals surface area contributed by atoms with Gasteiger partial charge in [-0.25, -0.2) is 14.4 Å². The van der Waals surface area contributed by atoms with Crippen LogP contribution < -0.4 is 11.2 Å². The number of H-pyrrole nitrogens is 1. The van der Waals surface area contributed by atoms with Crippen LogP contribution in [0, 0.1) is 0 Å². The molecule has 1 aromatic heterocycles. The van der Waals surface area contributed by atoms with Crippen LogP contribution in [0.15, 0.2) is 76.4 Å². The molecule has 3 atom stereocenters. The zero-order valence-corrected chi connectivity index (χ0v) is 18.4. The molecule has 0 saturated carbocycles. The number of hydrogen-bond acceptors (Lipinski definition) is 7. The van der Waals surface area contributed by atoms with Crippen LogP contribution in [0.4, 0.5) is 13.2 Å². The minimum absolute atomic E-state index is 0.210. The van der Waals surface area contributed by atoms with E-state index in [-0.39, 0.29) is 17.5 Å². The molecule has 1 fully saturated rings. The summed E-state index contributed by atoms with van der Waals surface area (Å²) < 4.78 is 56.7. The Morgan fingerprint density at radius 1 is 0.972 bits per heavy atom. The number of esters is 2. The van der Waals surface area contributed by atoms with Crippen molar-refractivity contribution in [2.24, 2.45) is 0 Å². The van der Waals surface area contributed by atoms with E-state index in [1.165, 1.54) is 24.3 Å². The summed E-state index contributed by atoms with van der Waals surface area (Å²) >= 11 is 0. The van der Waals surface area contributed by atoms with Crippen LogP contribution in [0.1, 0.15) is 38.9 Å². The van der Waals surface area contributed by atoms with Gasteiger partial charge in [0.05, 0.1) is 11.1 Å². The summed E-state index contributed by atoms with van der Waals surface area (Å²) in [7, 11) is 0. The third kappa shape index (κ3) is 5.54. The Morgan fingerprint density at radius 3 is 2.14 bits per heavy atom. The highest BCUT2D eigenvalue weighted by atomic mass is 19.4. The van der Waals surface area contributed by atoms with Crippen LogP contribution in [0.25, 0.3) is 0 Å². The predicted molar refractivity (Wildman–Crippen MR) is 117 cm³/mol. The van der Waals surface area contributed by atoms with Crippen LogP contribution in [0.2, 0.25) is 0 Å². The fraction of sp³-hybridized carbons (Fsp3) is 0.250. The van der Waals surface area contributed by atoms with Gasteiger partial charge in [0.2, 0.25) is 0 Å². The number of hydrogen-bond donors (Lipinski definition) is 1. The molecule has 0 aliphatic carbocycles. The summed E-state index contributed by atoms with van der Waals surface area (Å²) in [6.07, 6.45) is -8.45. The summed E-state index contributed by atoms with van der Waals surface area (Å²) in [6, 6.07) is 15.9. The Kier molecular flexibility index (Phi) is 7.06. The summed E-state index contributed by atoms with van der Waals surface area (Å²) in [4.78, 5) is 50.5. The number of ether oxygens (including phenoxy) is 3. The number of nitrogens with zero attached hydrogens (tertiary/aromatic N) is 1. The van der Waals surface area contributed by atoms with E-state index in [4.69, 9.17) is 14.2 Å². The molecule has 2 aromatic carbocycles. The van der Waals surface area contributed by atoms with Crippen molar-refractivity contribution in [3.05, 3.63) is 104 Å². The molecule has 0 amide bonds. The molecule has 1 saturated heterocycles. The molecule has 1 aliphatic rings. The van der Waals surface area contributed by atoms with Crippen molar-refractivity contribution in [1.82, 2.24) is 9.55 Å². The Hall–Kier alpha value is -4.19. The van der Waals surface area contributed by atoms with E-state index in [9.17, 15) is 32.3 Å². The first kappa shape index (κ1) is 24.9. The third-order valence-electron chi connectivity index (χ3n) is 5.42. The van der Waals surface area contributed by atoms with E-state index in [1.54, 1.807) is 41.4 Å². The van der Waals surface area contributed by atoms with Gasteiger partial charge in [0.15, 0.2) is 0 Å². The minimum Gasteiger partial charge on any atom is -0.459 e. The zero-order valence-electron chi connectivity index (χ0n) is 18.4. The number of aromatic nitrogens is 2. The van der Waals surface area contributed by atoms with Crippen molar-refractivity contribution >= 4 is 11.9 Å². The quantitative estimate of drug-likeness (QED) is 0.513. The molecule has 12 heteroatoms. The molecule has 3 aromatic rings. The van der Waals surface area contributed by atoms with Gasteiger partial charge in [-0.05, 0) is 24.3 Å². The van der Waals surface area contributed by atoms with E-state index in [1.807, 2.05) is 0 Å².